The highest BCUT2D eigenvalue weighted by atomic mass is 16.3. The molecule has 0 bridgehead atoms. The predicted molar refractivity (Wildman–Crippen MR) is 71.0 cm³/mol. The van der Waals surface area contributed by atoms with E-state index >= 15 is 0 Å². The third-order valence-corrected chi connectivity index (χ3v) is 3.69. The predicted octanol–water partition coefficient (Wildman–Crippen LogP) is 3.45. The van der Waals surface area contributed by atoms with Gasteiger partial charge in [0, 0.05) is 6.54 Å². The number of nitrogens with one attached hydrogen (secondary N) is 1. The van der Waals surface area contributed by atoms with Gasteiger partial charge in [-0.2, -0.15) is 0 Å². The summed E-state index contributed by atoms with van der Waals surface area (Å²) >= 11 is 0. The van der Waals surface area contributed by atoms with E-state index in [2.05, 4.69) is 5.32 Å². The second-order valence-electron chi connectivity index (χ2n) is 5.14. The van der Waals surface area contributed by atoms with Gasteiger partial charge in [0.05, 0.1) is 0 Å². The number of rotatable bonds is 5. The van der Waals surface area contributed by atoms with Crippen LogP contribution in [0.4, 0.5) is 0 Å². The zero-order valence-electron chi connectivity index (χ0n) is 10.5. The van der Waals surface area contributed by atoms with Crippen LogP contribution in [0.1, 0.15) is 44.1 Å². The first kappa shape index (κ1) is 12.4. The molecule has 1 aromatic carbocycles. The van der Waals surface area contributed by atoms with Crippen molar-refractivity contribution in [3.63, 3.8) is 0 Å². The van der Waals surface area contributed by atoms with Gasteiger partial charge in [-0.3, -0.25) is 0 Å². The van der Waals surface area contributed by atoms with Crippen LogP contribution in [0.2, 0.25) is 0 Å². The minimum atomic E-state index is 0.358. The van der Waals surface area contributed by atoms with E-state index in [4.69, 9.17) is 0 Å². The Hall–Kier alpha value is -1.02. The number of aromatic hydroxyl groups is 1. The standard InChI is InChI=1S/C15H23NO/c17-15-8-4-7-14(11-15)12-16-10-9-13-5-2-1-3-6-13/h4,7-8,11,13,16-17H,1-3,5-6,9-10,12H2. The summed E-state index contributed by atoms with van der Waals surface area (Å²) in [5.74, 6) is 1.30. The molecule has 0 amide bonds. The molecule has 0 saturated heterocycles. The minimum Gasteiger partial charge on any atom is -0.508 e. The van der Waals surface area contributed by atoms with Crippen LogP contribution in [0, 0.1) is 5.92 Å². The van der Waals surface area contributed by atoms with E-state index in [1.54, 1.807) is 6.07 Å². The van der Waals surface area contributed by atoms with E-state index in [1.807, 2.05) is 18.2 Å². The lowest BCUT2D eigenvalue weighted by molar-refractivity contribution is 0.334. The lowest BCUT2D eigenvalue weighted by Gasteiger charge is -2.21. The average Bonchev–Trinajstić information content (AvgIpc) is 2.36. The van der Waals surface area contributed by atoms with Gasteiger partial charge in [0.15, 0.2) is 0 Å². The van der Waals surface area contributed by atoms with Crippen LogP contribution < -0.4 is 5.32 Å². The van der Waals surface area contributed by atoms with Gasteiger partial charge in [-0.15, -0.1) is 0 Å². The molecule has 1 aliphatic rings. The lowest BCUT2D eigenvalue weighted by Crippen LogP contribution is -2.19. The van der Waals surface area contributed by atoms with E-state index in [1.165, 1.54) is 38.5 Å². The molecule has 2 nitrogen and oxygen atoms in total. The van der Waals surface area contributed by atoms with Gasteiger partial charge in [-0.25, -0.2) is 0 Å². The topological polar surface area (TPSA) is 32.3 Å². The van der Waals surface area contributed by atoms with Crippen molar-refractivity contribution in [2.45, 2.75) is 45.1 Å². The van der Waals surface area contributed by atoms with Crippen molar-refractivity contribution in [2.75, 3.05) is 6.54 Å². The minimum absolute atomic E-state index is 0.358. The summed E-state index contributed by atoms with van der Waals surface area (Å²) in [4.78, 5) is 0. The van der Waals surface area contributed by atoms with Crippen molar-refractivity contribution in [1.29, 1.82) is 0 Å². The zero-order valence-corrected chi connectivity index (χ0v) is 10.5. The Bertz CT molecular complexity index is 331. The smallest absolute Gasteiger partial charge is 0.115 e. The van der Waals surface area contributed by atoms with Gasteiger partial charge < -0.3 is 10.4 Å². The molecule has 0 radical (unpaired) electrons. The fraction of sp³-hybridized carbons (Fsp3) is 0.600. The average molecular weight is 233 g/mol. The van der Waals surface area contributed by atoms with Gasteiger partial charge in [-0.1, -0.05) is 44.2 Å². The van der Waals surface area contributed by atoms with E-state index in [9.17, 15) is 5.11 Å². The molecule has 2 heteroatoms. The van der Waals surface area contributed by atoms with Crippen LogP contribution in [0.15, 0.2) is 24.3 Å². The molecule has 0 unspecified atom stereocenters. The second kappa shape index (κ2) is 6.65. The van der Waals surface area contributed by atoms with Crippen LogP contribution in [0.25, 0.3) is 0 Å². The van der Waals surface area contributed by atoms with E-state index < -0.39 is 0 Å². The van der Waals surface area contributed by atoms with Crippen LogP contribution in [-0.4, -0.2) is 11.7 Å². The molecule has 0 atom stereocenters. The molecule has 94 valence electrons. The highest BCUT2D eigenvalue weighted by Gasteiger charge is 2.12. The summed E-state index contributed by atoms with van der Waals surface area (Å²) in [6.45, 7) is 1.96. The SMILES string of the molecule is Oc1cccc(CNCCC2CCCCC2)c1. The monoisotopic (exact) mass is 233 g/mol. The summed E-state index contributed by atoms with van der Waals surface area (Å²) < 4.78 is 0. The second-order valence-corrected chi connectivity index (χ2v) is 5.14. The Labute approximate surface area is 104 Å². The first-order chi connectivity index (χ1) is 8.34. The summed E-state index contributed by atoms with van der Waals surface area (Å²) in [6, 6.07) is 7.49. The molecule has 1 saturated carbocycles. The number of benzene rings is 1. The van der Waals surface area contributed by atoms with Crippen LogP contribution in [-0.2, 0) is 6.54 Å². The maximum atomic E-state index is 9.35. The van der Waals surface area contributed by atoms with Gasteiger partial charge in [0.1, 0.15) is 5.75 Å². The summed E-state index contributed by atoms with van der Waals surface area (Å²) in [6.07, 6.45) is 8.45. The summed E-state index contributed by atoms with van der Waals surface area (Å²) in [5.41, 5.74) is 1.16. The van der Waals surface area contributed by atoms with Gasteiger partial charge >= 0.3 is 0 Å². The Kier molecular flexibility index (Phi) is 4.87. The van der Waals surface area contributed by atoms with Crippen molar-refractivity contribution >= 4 is 0 Å². The zero-order chi connectivity index (χ0) is 11.9. The quantitative estimate of drug-likeness (QED) is 0.763. The van der Waals surface area contributed by atoms with Gasteiger partial charge in [0.2, 0.25) is 0 Å². The van der Waals surface area contributed by atoms with Crippen LogP contribution in [0.3, 0.4) is 0 Å². The lowest BCUT2D eigenvalue weighted by atomic mass is 9.87. The molecule has 0 spiro atoms. The first-order valence-corrected chi connectivity index (χ1v) is 6.83. The van der Waals surface area contributed by atoms with Crippen LogP contribution >= 0.6 is 0 Å². The van der Waals surface area contributed by atoms with E-state index in [-0.39, 0.29) is 0 Å². The molecule has 2 rings (SSSR count). The number of hydrogen-bond acceptors (Lipinski definition) is 2. The van der Waals surface area contributed by atoms with Crippen molar-refractivity contribution < 1.29 is 5.11 Å². The largest absolute Gasteiger partial charge is 0.508 e. The summed E-state index contributed by atoms with van der Waals surface area (Å²) in [5, 5.41) is 12.8. The first-order valence-electron chi connectivity index (χ1n) is 6.83. The van der Waals surface area contributed by atoms with Crippen molar-refractivity contribution in [2.24, 2.45) is 5.92 Å². The highest BCUT2D eigenvalue weighted by molar-refractivity contribution is 5.26. The van der Waals surface area contributed by atoms with Gasteiger partial charge in [0.25, 0.3) is 0 Å². The van der Waals surface area contributed by atoms with Crippen molar-refractivity contribution in [1.82, 2.24) is 5.32 Å². The third-order valence-electron chi connectivity index (χ3n) is 3.69. The maximum absolute atomic E-state index is 9.35. The Morgan fingerprint density at radius 3 is 2.76 bits per heavy atom. The molecule has 2 N–H and O–H groups in total. The van der Waals surface area contributed by atoms with Crippen molar-refractivity contribution in [3.8, 4) is 5.75 Å². The Balaban J connectivity index is 1.62. The van der Waals surface area contributed by atoms with E-state index in [0.29, 0.717) is 5.75 Å². The third kappa shape index (κ3) is 4.39. The Morgan fingerprint density at radius 1 is 1.18 bits per heavy atom. The molecule has 1 aliphatic carbocycles. The summed E-state index contributed by atoms with van der Waals surface area (Å²) in [7, 11) is 0. The molecule has 0 heterocycles. The molecule has 0 aromatic heterocycles. The highest BCUT2D eigenvalue weighted by Crippen LogP contribution is 2.25. The van der Waals surface area contributed by atoms with Crippen molar-refractivity contribution in [3.05, 3.63) is 29.8 Å². The fourth-order valence-electron chi connectivity index (χ4n) is 2.68. The molecule has 1 aromatic rings. The normalized spacial score (nSPS) is 17.2. The fourth-order valence-corrected chi connectivity index (χ4v) is 2.68. The number of phenols is 1. The molecule has 17 heavy (non-hydrogen) atoms. The Morgan fingerprint density at radius 2 is 2.00 bits per heavy atom. The molecular weight excluding hydrogens is 210 g/mol. The van der Waals surface area contributed by atoms with Gasteiger partial charge in [-0.05, 0) is 36.6 Å². The van der Waals surface area contributed by atoms with Crippen LogP contribution in [0.5, 0.6) is 5.75 Å². The van der Waals surface area contributed by atoms with E-state index in [0.717, 1.165) is 24.6 Å². The molecule has 0 aliphatic heterocycles. The number of hydrogen-bond donors (Lipinski definition) is 2. The molecule has 1 fully saturated rings. The maximum Gasteiger partial charge on any atom is 0.115 e. The molecular formula is C15H23NO. The number of phenolic OH excluding ortho intramolecular Hbond substituents is 1.